The van der Waals surface area contributed by atoms with Crippen molar-refractivity contribution < 1.29 is 15.0 Å². The molecule has 0 saturated heterocycles. The molecule has 120 valence electrons. The van der Waals surface area contributed by atoms with Gasteiger partial charge in [0, 0.05) is 6.42 Å². The number of hydrogen-bond acceptors (Lipinski definition) is 3. The summed E-state index contributed by atoms with van der Waals surface area (Å²) in [4.78, 5) is 10.2. The first-order chi connectivity index (χ1) is 9.63. The van der Waals surface area contributed by atoms with E-state index in [2.05, 4.69) is 13.8 Å². The van der Waals surface area contributed by atoms with Gasteiger partial charge >= 0.3 is 0 Å². The second kappa shape index (κ2) is 7.54. The summed E-state index contributed by atoms with van der Waals surface area (Å²) in [7, 11) is -2.19. The molecule has 0 radical (unpaired) electrons. The van der Waals surface area contributed by atoms with Gasteiger partial charge in [-0.1, -0.05) is 50.6 Å². The first kappa shape index (κ1) is 18.4. The minimum atomic E-state index is -2.19. The van der Waals surface area contributed by atoms with Crippen LogP contribution < -0.4 is 0 Å². The second-order valence-corrected chi connectivity index (χ2v) is 11.6. The van der Waals surface area contributed by atoms with Crippen LogP contribution in [0.3, 0.4) is 0 Å². The van der Waals surface area contributed by atoms with E-state index in [4.69, 9.17) is 0 Å². The zero-order valence-corrected chi connectivity index (χ0v) is 14.7. The van der Waals surface area contributed by atoms with Crippen molar-refractivity contribution in [3.05, 3.63) is 35.9 Å². The summed E-state index contributed by atoms with van der Waals surface area (Å²) in [6.07, 6.45) is 1.31. The minimum Gasteiger partial charge on any atom is -0.432 e. The van der Waals surface area contributed by atoms with Gasteiger partial charge < -0.3 is 15.0 Å². The highest BCUT2D eigenvalue weighted by atomic mass is 28.4. The molecule has 0 aliphatic carbocycles. The molecular weight excluding hydrogens is 280 g/mol. The fourth-order valence-electron chi connectivity index (χ4n) is 2.24. The Bertz CT molecular complexity index is 412. The highest BCUT2D eigenvalue weighted by Gasteiger charge is 2.37. The Morgan fingerprint density at radius 2 is 1.62 bits per heavy atom. The molecule has 2 atom stereocenters. The third kappa shape index (κ3) is 5.91. The summed E-state index contributed by atoms with van der Waals surface area (Å²) in [5, 5.41) is 20.1. The molecule has 0 aliphatic heterocycles. The van der Waals surface area contributed by atoms with E-state index >= 15 is 0 Å². The molecule has 1 aromatic carbocycles. The Labute approximate surface area is 129 Å². The van der Waals surface area contributed by atoms with Crippen LogP contribution in [0.1, 0.15) is 38.7 Å². The molecular formula is C17H30O3Si. The van der Waals surface area contributed by atoms with Crippen LogP contribution in [0, 0.1) is 0 Å². The van der Waals surface area contributed by atoms with Gasteiger partial charge in [0.05, 0.1) is 12.2 Å². The maximum Gasteiger partial charge on any atom is 0.188 e. The van der Waals surface area contributed by atoms with Crippen molar-refractivity contribution in [2.45, 2.75) is 69.9 Å². The summed E-state index contributed by atoms with van der Waals surface area (Å²) >= 11 is 0. The average molecular weight is 311 g/mol. The molecule has 0 spiro atoms. The molecule has 0 aliphatic rings. The summed E-state index contributed by atoms with van der Waals surface area (Å²) in [5.74, 6) is 0. The van der Waals surface area contributed by atoms with Crippen molar-refractivity contribution >= 4 is 8.32 Å². The molecule has 0 aromatic heterocycles. The Hall–Kier alpha value is -0.683. The van der Waals surface area contributed by atoms with Crippen LogP contribution in [0.25, 0.3) is 0 Å². The molecule has 4 heteroatoms. The molecule has 0 amide bonds. The van der Waals surface area contributed by atoms with Gasteiger partial charge in [-0.15, -0.1) is 0 Å². The highest BCUT2D eigenvalue weighted by molar-refractivity contribution is 6.72. The predicted molar refractivity (Wildman–Crippen MR) is 89.8 cm³/mol. The number of aliphatic hydroxyl groups excluding tert-OH is 2. The minimum absolute atomic E-state index is 0.0723. The van der Waals surface area contributed by atoms with Crippen molar-refractivity contribution in [2.24, 2.45) is 0 Å². The van der Waals surface area contributed by atoms with Gasteiger partial charge in [0.2, 0.25) is 0 Å². The van der Waals surface area contributed by atoms with E-state index in [0.717, 1.165) is 18.4 Å². The lowest BCUT2D eigenvalue weighted by Crippen LogP contribution is -2.39. The molecule has 0 fully saturated rings. The van der Waals surface area contributed by atoms with Crippen molar-refractivity contribution in [2.75, 3.05) is 0 Å². The summed E-state index contributed by atoms with van der Waals surface area (Å²) < 4.78 is 0. The quantitative estimate of drug-likeness (QED) is 0.647. The van der Waals surface area contributed by atoms with E-state index < -0.39 is 20.5 Å². The first-order valence-electron chi connectivity index (χ1n) is 7.76. The molecule has 1 aromatic rings. The molecule has 21 heavy (non-hydrogen) atoms. The van der Waals surface area contributed by atoms with Gasteiger partial charge in [-0.25, -0.2) is 0 Å². The van der Waals surface area contributed by atoms with Gasteiger partial charge in [0.25, 0.3) is 0 Å². The fraction of sp³-hybridized carbons (Fsp3) is 0.647. The van der Waals surface area contributed by atoms with Crippen molar-refractivity contribution in [1.82, 2.24) is 0 Å². The lowest BCUT2D eigenvalue weighted by molar-refractivity contribution is 0.0133. The highest BCUT2D eigenvalue weighted by Crippen LogP contribution is 2.40. The predicted octanol–water partition coefficient (Wildman–Crippen LogP) is 3.10. The third-order valence-electron chi connectivity index (χ3n) is 4.69. The van der Waals surface area contributed by atoms with E-state index in [1.165, 1.54) is 0 Å². The first-order valence-corrected chi connectivity index (χ1v) is 10.7. The summed E-state index contributed by atoms with van der Waals surface area (Å²) in [5.41, 5.74) is 1.04. The van der Waals surface area contributed by atoms with Crippen LogP contribution in [0.5, 0.6) is 0 Å². The summed E-state index contributed by atoms with van der Waals surface area (Å²) in [6.45, 7) is 8.08. The van der Waals surface area contributed by atoms with E-state index in [-0.39, 0.29) is 5.04 Å². The van der Waals surface area contributed by atoms with Crippen molar-refractivity contribution in [1.29, 1.82) is 0 Å². The molecule has 0 saturated carbocycles. The topological polar surface area (TPSA) is 60.7 Å². The molecule has 0 heterocycles. The van der Waals surface area contributed by atoms with Crippen molar-refractivity contribution in [3.63, 3.8) is 0 Å². The van der Waals surface area contributed by atoms with Crippen LogP contribution >= 0.6 is 0 Å². The van der Waals surface area contributed by atoms with Crippen LogP contribution in [0.2, 0.25) is 18.1 Å². The number of hydrogen-bond donors (Lipinski definition) is 3. The number of aliphatic hydroxyl groups is 2. The van der Waals surface area contributed by atoms with E-state index in [0.29, 0.717) is 12.8 Å². The molecule has 3 N–H and O–H groups in total. The van der Waals surface area contributed by atoms with Crippen LogP contribution in [0.4, 0.5) is 0 Å². The Balaban J connectivity index is 2.38. The molecule has 0 bridgehead atoms. The number of rotatable bonds is 8. The molecule has 3 nitrogen and oxygen atoms in total. The van der Waals surface area contributed by atoms with Crippen LogP contribution in [0.15, 0.2) is 30.3 Å². The molecule has 1 rings (SSSR count). The van der Waals surface area contributed by atoms with E-state index in [9.17, 15) is 15.0 Å². The summed E-state index contributed by atoms with van der Waals surface area (Å²) in [6, 6.07) is 9.72. The SMILES string of the molecule is CC(C)(CCC[C@H](O)[C@@H](O)Cc1ccccc1)[Si](C)(C)O. The normalized spacial score (nSPS) is 15.8. The molecule has 0 unspecified atom stereocenters. The van der Waals surface area contributed by atoms with E-state index in [1.807, 2.05) is 43.4 Å². The lowest BCUT2D eigenvalue weighted by atomic mass is 9.97. The van der Waals surface area contributed by atoms with Crippen molar-refractivity contribution in [3.8, 4) is 0 Å². The number of benzene rings is 1. The third-order valence-corrected chi connectivity index (χ3v) is 8.25. The largest absolute Gasteiger partial charge is 0.432 e. The lowest BCUT2D eigenvalue weighted by Gasteiger charge is -2.35. The Kier molecular flexibility index (Phi) is 6.59. The monoisotopic (exact) mass is 310 g/mol. The maximum atomic E-state index is 10.2. The second-order valence-electron chi connectivity index (χ2n) is 7.16. The fourth-order valence-corrected chi connectivity index (χ4v) is 3.03. The smallest absolute Gasteiger partial charge is 0.188 e. The Morgan fingerprint density at radius 1 is 1.05 bits per heavy atom. The Morgan fingerprint density at radius 3 is 2.14 bits per heavy atom. The van der Waals surface area contributed by atoms with Crippen LogP contribution in [-0.2, 0) is 6.42 Å². The zero-order valence-electron chi connectivity index (χ0n) is 13.7. The zero-order chi connectivity index (χ0) is 16.1. The standard InChI is InChI=1S/C17H30O3Si/c1-17(2,21(3,4)20)12-8-11-15(18)16(19)13-14-9-6-5-7-10-14/h5-7,9-10,15-16,18-20H,8,11-13H2,1-4H3/t15-,16-/m0/s1. The van der Waals surface area contributed by atoms with E-state index in [1.54, 1.807) is 0 Å². The van der Waals surface area contributed by atoms with Gasteiger partial charge in [-0.2, -0.15) is 0 Å². The van der Waals surface area contributed by atoms with Gasteiger partial charge in [-0.3, -0.25) is 0 Å². The maximum absolute atomic E-state index is 10.2. The van der Waals surface area contributed by atoms with Gasteiger partial charge in [-0.05, 0) is 36.5 Å². The van der Waals surface area contributed by atoms with Gasteiger partial charge in [0.1, 0.15) is 0 Å². The average Bonchev–Trinajstić information content (AvgIpc) is 2.38. The van der Waals surface area contributed by atoms with Gasteiger partial charge in [0.15, 0.2) is 8.32 Å². The van der Waals surface area contributed by atoms with Crippen LogP contribution in [-0.4, -0.2) is 35.5 Å².